The number of hydrogen-bond donors (Lipinski definition) is 1. The number of hydrogen-bond acceptors (Lipinski definition) is 3. The molecule has 1 amide bonds. The molecule has 5 nitrogen and oxygen atoms in total. The zero-order valence-electron chi connectivity index (χ0n) is 16.4. The fourth-order valence-corrected chi connectivity index (χ4v) is 5.95. The third-order valence-corrected chi connectivity index (χ3v) is 7.93. The summed E-state index contributed by atoms with van der Waals surface area (Å²) in [6.07, 6.45) is 9.67. The quantitative estimate of drug-likeness (QED) is 0.770. The molecular formula is C21H31ClN2O3S. The number of carbonyl (C=O) groups is 1. The average Bonchev–Trinajstić information content (AvgIpc) is 2.65. The molecule has 1 saturated carbocycles. The van der Waals surface area contributed by atoms with Crippen molar-refractivity contribution < 1.29 is 13.2 Å². The Morgan fingerprint density at radius 2 is 1.64 bits per heavy atom. The van der Waals surface area contributed by atoms with Crippen molar-refractivity contribution in [2.24, 2.45) is 5.92 Å². The molecule has 0 aromatic heterocycles. The van der Waals surface area contributed by atoms with Crippen molar-refractivity contribution in [3.8, 4) is 0 Å². The van der Waals surface area contributed by atoms with E-state index in [0.717, 1.165) is 38.5 Å². The first kappa shape index (κ1) is 21.6. The molecule has 1 atom stereocenters. The highest BCUT2D eigenvalue weighted by Gasteiger charge is 2.33. The molecule has 156 valence electrons. The van der Waals surface area contributed by atoms with Crippen LogP contribution in [0.4, 0.5) is 0 Å². The zero-order chi connectivity index (χ0) is 20.0. The van der Waals surface area contributed by atoms with Crippen LogP contribution in [-0.2, 0) is 20.6 Å². The number of halogens is 1. The maximum atomic E-state index is 12.8. The molecule has 0 spiro atoms. The van der Waals surface area contributed by atoms with Crippen molar-refractivity contribution in [1.29, 1.82) is 0 Å². The molecule has 0 radical (unpaired) electrons. The summed E-state index contributed by atoms with van der Waals surface area (Å²) in [6, 6.07) is 7.13. The van der Waals surface area contributed by atoms with Gasteiger partial charge in [0.2, 0.25) is 15.9 Å². The Hall–Kier alpha value is -1.11. The molecule has 2 aliphatic rings. The number of benzene rings is 1. The molecular weight excluding hydrogens is 396 g/mol. The number of nitrogens with one attached hydrogen (secondary N) is 1. The lowest BCUT2D eigenvalue weighted by Crippen LogP contribution is -2.47. The number of amides is 1. The summed E-state index contributed by atoms with van der Waals surface area (Å²) in [5, 5.41) is 3.80. The molecule has 0 unspecified atom stereocenters. The third-order valence-electron chi connectivity index (χ3n) is 5.86. The average molecular weight is 427 g/mol. The second-order valence-electron chi connectivity index (χ2n) is 8.13. The van der Waals surface area contributed by atoms with E-state index in [9.17, 15) is 13.2 Å². The van der Waals surface area contributed by atoms with E-state index in [4.69, 9.17) is 11.6 Å². The van der Waals surface area contributed by atoms with Gasteiger partial charge in [0.25, 0.3) is 0 Å². The highest BCUT2D eigenvalue weighted by Crippen LogP contribution is 2.23. The summed E-state index contributed by atoms with van der Waals surface area (Å²) < 4.78 is 27.2. The van der Waals surface area contributed by atoms with Crippen molar-refractivity contribution in [1.82, 2.24) is 9.62 Å². The van der Waals surface area contributed by atoms with Gasteiger partial charge in [-0.15, -0.1) is 0 Å². The van der Waals surface area contributed by atoms with E-state index in [1.54, 1.807) is 24.3 Å². The second-order valence-corrected chi connectivity index (χ2v) is 10.5. The lowest BCUT2D eigenvalue weighted by molar-refractivity contribution is -0.126. The Balaban J connectivity index is 1.57. The van der Waals surface area contributed by atoms with Gasteiger partial charge >= 0.3 is 0 Å². The van der Waals surface area contributed by atoms with Crippen LogP contribution >= 0.6 is 11.6 Å². The molecule has 1 N–H and O–H groups in total. The van der Waals surface area contributed by atoms with Gasteiger partial charge in [-0.3, -0.25) is 4.79 Å². The van der Waals surface area contributed by atoms with Gasteiger partial charge in [-0.1, -0.05) is 55.8 Å². The maximum absolute atomic E-state index is 12.8. The first-order valence-electron chi connectivity index (χ1n) is 10.5. The molecule has 1 aliphatic heterocycles. The molecule has 1 heterocycles. The molecule has 3 rings (SSSR count). The first-order valence-corrected chi connectivity index (χ1v) is 12.5. The highest BCUT2D eigenvalue weighted by molar-refractivity contribution is 7.88. The predicted molar refractivity (Wildman–Crippen MR) is 113 cm³/mol. The number of piperidine rings is 1. The van der Waals surface area contributed by atoms with Crippen LogP contribution in [0.25, 0.3) is 0 Å². The summed E-state index contributed by atoms with van der Waals surface area (Å²) in [5.74, 6) is -0.280. The fourth-order valence-electron chi connectivity index (χ4n) is 4.21. The van der Waals surface area contributed by atoms with E-state index in [2.05, 4.69) is 5.32 Å². The topological polar surface area (TPSA) is 66.5 Å². The van der Waals surface area contributed by atoms with E-state index in [1.165, 1.54) is 23.6 Å². The fraction of sp³-hybridized carbons (Fsp3) is 0.667. The van der Waals surface area contributed by atoms with Crippen LogP contribution < -0.4 is 5.32 Å². The number of nitrogens with zero attached hydrogens (tertiary/aromatic N) is 1. The Labute approximate surface area is 173 Å². The van der Waals surface area contributed by atoms with Crippen molar-refractivity contribution in [3.05, 3.63) is 34.9 Å². The van der Waals surface area contributed by atoms with E-state index in [1.807, 2.05) is 0 Å². The summed E-state index contributed by atoms with van der Waals surface area (Å²) in [5.41, 5.74) is 0.713. The molecule has 28 heavy (non-hydrogen) atoms. The highest BCUT2D eigenvalue weighted by atomic mass is 35.5. The normalized spacial score (nSPS) is 23.0. The molecule has 7 heteroatoms. The molecule has 1 saturated heterocycles. The van der Waals surface area contributed by atoms with Crippen molar-refractivity contribution in [3.63, 3.8) is 0 Å². The van der Waals surface area contributed by atoms with Gasteiger partial charge < -0.3 is 5.32 Å². The van der Waals surface area contributed by atoms with Crippen LogP contribution in [0.5, 0.6) is 0 Å². The van der Waals surface area contributed by atoms with Gasteiger partial charge in [0.15, 0.2) is 0 Å². The monoisotopic (exact) mass is 426 g/mol. The third kappa shape index (κ3) is 6.19. The van der Waals surface area contributed by atoms with E-state index >= 15 is 0 Å². The minimum absolute atomic E-state index is 0.0250. The van der Waals surface area contributed by atoms with E-state index in [0.29, 0.717) is 17.1 Å². The summed E-state index contributed by atoms with van der Waals surface area (Å²) in [7, 11) is -3.45. The standard InChI is InChI=1S/C21H31ClN2O3S/c22-19-12-10-17(11-13-19)16-28(26,27)24-14-6-7-18(15-24)21(25)23-20-8-4-2-1-3-5-9-20/h10-13,18,20H,1-9,14-16H2,(H,23,25)/t18-/m0/s1. The van der Waals surface area contributed by atoms with Gasteiger partial charge in [0.05, 0.1) is 11.7 Å². The van der Waals surface area contributed by atoms with Crippen LogP contribution in [-0.4, -0.2) is 37.8 Å². The van der Waals surface area contributed by atoms with Crippen LogP contribution in [0.15, 0.2) is 24.3 Å². The zero-order valence-corrected chi connectivity index (χ0v) is 18.0. The minimum atomic E-state index is -3.45. The number of sulfonamides is 1. The maximum Gasteiger partial charge on any atom is 0.224 e. The Morgan fingerprint density at radius 1 is 1.00 bits per heavy atom. The Kier molecular flexibility index (Phi) is 7.77. The molecule has 1 aliphatic carbocycles. The van der Waals surface area contributed by atoms with Crippen molar-refractivity contribution in [2.45, 2.75) is 69.6 Å². The SMILES string of the molecule is O=C(NC1CCCCCCC1)[C@H]1CCCN(S(=O)(=O)Cc2ccc(Cl)cc2)C1. The molecule has 1 aromatic rings. The second kappa shape index (κ2) is 10.1. The lowest BCUT2D eigenvalue weighted by Gasteiger charge is -2.32. The smallest absolute Gasteiger partial charge is 0.224 e. The molecule has 2 fully saturated rings. The summed E-state index contributed by atoms with van der Waals surface area (Å²) in [4.78, 5) is 12.8. The van der Waals surface area contributed by atoms with Gasteiger partial charge in [-0.05, 0) is 43.4 Å². The van der Waals surface area contributed by atoms with Crippen LogP contribution in [0.2, 0.25) is 5.02 Å². The molecule has 0 bridgehead atoms. The van der Waals surface area contributed by atoms with Crippen molar-refractivity contribution in [2.75, 3.05) is 13.1 Å². The van der Waals surface area contributed by atoms with Gasteiger partial charge in [-0.25, -0.2) is 12.7 Å². The summed E-state index contributed by atoms with van der Waals surface area (Å²) >= 11 is 5.88. The largest absolute Gasteiger partial charge is 0.353 e. The first-order chi connectivity index (χ1) is 13.4. The molecule has 1 aromatic carbocycles. The van der Waals surface area contributed by atoms with E-state index in [-0.39, 0.29) is 30.2 Å². The number of rotatable bonds is 5. The lowest BCUT2D eigenvalue weighted by atomic mass is 9.94. The predicted octanol–water partition coefficient (Wildman–Crippen LogP) is 4.11. The van der Waals surface area contributed by atoms with E-state index < -0.39 is 10.0 Å². The van der Waals surface area contributed by atoms with Crippen LogP contribution in [0, 0.1) is 5.92 Å². The van der Waals surface area contributed by atoms with Crippen LogP contribution in [0.3, 0.4) is 0 Å². The number of carbonyl (C=O) groups excluding carboxylic acids is 1. The van der Waals surface area contributed by atoms with Gasteiger partial charge in [-0.2, -0.15) is 0 Å². The minimum Gasteiger partial charge on any atom is -0.353 e. The van der Waals surface area contributed by atoms with Crippen molar-refractivity contribution >= 4 is 27.5 Å². The Morgan fingerprint density at radius 3 is 2.32 bits per heavy atom. The van der Waals surface area contributed by atoms with Gasteiger partial charge in [0, 0.05) is 24.2 Å². The van der Waals surface area contributed by atoms with Gasteiger partial charge in [0.1, 0.15) is 0 Å². The van der Waals surface area contributed by atoms with Crippen LogP contribution in [0.1, 0.15) is 63.4 Å². The summed E-state index contributed by atoms with van der Waals surface area (Å²) in [6.45, 7) is 0.775. The Bertz CT molecular complexity index is 743.